The van der Waals surface area contributed by atoms with Crippen LogP contribution in [0.4, 0.5) is 0 Å². The van der Waals surface area contributed by atoms with Crippen molar-refractivity contribution in [3.8, 4) is 0 Å². The average Bonchev–Trinajstić information content (AvgIpc) is 2.88. The quantitative estimate of drug-likeness (QED) is 0.876. The van der Waals surface area contributed by atoms with Crippen LogP contribution in [0.2, 0.25) is 0 Å². The molecule has 21 heavy (non-hydrogen) atoms. The summed E-state index contributed by atoms with van der Waals surface area (Å²) in [6, 6.07) is 2.09. The molecule has 1 saturated heterocycles. The van der Waals surface area contributed by atoms with Gasteiger partial charge in [-0.2, -0.15) is 5.10 Å². The molecule has 1 aromatic heterocycles. The number of piperidine rings is 1. The number of rotatable bonds is 6. The summed E-state index contributed by atoms with van der Waals surface area (Å²) in [5.41, 5.74) is 0.974. The number of hydrogen-bond acceptors (Lipinski definition) is 3. The van der Waals surface area contributed by atoms with Gasteiger partial charge in [-0.1, -0.05) is 20.8 Å². The Morgan fingerprint density at radius 1 is 1.48 bits per heavy atom. The van der Waals surface area contributed by atoms with E-state index in [1.807, 2.05) is 23.9 Å². The number of carboxylic acids is 1. The van der Waals surface area contributed by atoms with Crippen molar-refractivity contribution in [3.05, 3.63) is 18.0 Å². The summed E-state index contributed by atoms with van der Waals surface area (Å²) >= 11 is 0. The number of hydrogen-bond donors (Lipinski definition) is 1. The molecule has 2 unspecified atom stereocenters. The number of likely N-dealkylation sites (tertiary alicyclic amines) is 1. The zero-order chi connectivity index (χ0) is 15.4. The molecule has 0 radical (unpaired) electrons. The second-order valence-corrected chi connectivity index (χ2v) is 6.13. The fraction of sp³-hybridized carbons (Fsp3) is 0.750. The van der Waals surface area contributed by atoms with Crippen molar-refractivity contribution < 1.29 is 9.90 Å². The highest BCUT2D eigenvalue weighted by Gasteiger charge is 2.34. The molecule has 5 heteroatoms. The lowest BCUT2D eigenvalue weighted by Crippen LogP contribution is -2.48. The minimum Gasteiger partial charge on any atom is -0.480 e. The van der Waals surface area contributed by atoms with E-state index in [2.05, 4.69) is 23.8 Å². The first-order valence-electron chi connectivity index (χ1n) is 8.07. The van der Waals surface area contributed by atoms with Crippen molar-refractivity contribution in [2.24, 2.45) is 5.92 Å². The smallest absolute Gasteiger partial charge is 0.321 e. The first kappa shape index (κ1) is 16.0. The van der Waals surface area contributed by atoms with E-state index >= 15 is 0 Å². The Bertz CT molecular complexity index is 468. The molecule has 0 amide bonds. The molecular weight excluding hydrogens is 266 g/mol. The van der Waals surface area contributed by atoms with Crippen molar-refractivity contribution in [2.75, 3.05) is 6.54 Å². The minimum absolute atomic E-state index is 0.206. The molecule has 1 aromatic rings. The Kier molecular flexibility index (Phi) is 5.39. The van der Waals surface area contributed by atoms with Crippen molar-refractivity contribution in [3.63, 3.8) is 0 Å². The van der Waals surface area contributed by atoms with E-state index in [4.69, 9.17) is 0 Å². The van der Waals surface area contributed by atoms with Crippen LogP contribution in [0.15, 0.2) is 12.3 Å². The van der Waals surface area contributed by atoms with Crippen LogP contribution in [-0.2, 0) is 11.3 Å². The monoisotopic (exact) mass is 293 g/mol. The summed E-state index contributed by atoms with van der Waals surface area (Å²) in [6.07, 6.45) is 6.22. The zero-order valence-electron chi connectivity index (χ0n) is 13.3. The first-order valence-corrected chi connectivity index (χ1v) is 8.07. The van der Waals surface area contributed by atoms with Crippen molar-refractivity contribution in [1.29, 1.82) is 0 Å². The van der Waals surface area contributed by atoms with Gasteiger partial charge in [0.15, 0.2) is 0 Å². The fourth-order valence-electron chi connectivity index (χ4n) is 3.39. The number of aromatic nitrogens is 2. The summed E-state index contributed by atoms with van der Waals surface area (Å²) in [5.74, 6) is -0.501. The highest BCUT2D eigenvalue weighted by molar-refractivity contribution is 5.74. The maximum atomic E-state index is 11.5. The van der Waals surface area contributed by atoms with E-state index in [-0.39, 0.29) is 12.0 Å². The average molecular weight is 293 g/mol. The number of carboxylic acid groups (broad SMARTS) is 1. The molecule has 2 rings (SSSR count). The minimum atomic E-state index is -0.707. The molecule has 1 aliphatic rings. The Morgan fingerprint density at radius 3 is 2.81 bits per heavy atom. The molecule has 1 fully saturated rings. The molecule has 118 valence electrons. The largest absolute Gasteiger partial charge is 0.480 e. The third-order valence-electron chi connectivity index (χ3n) is 4.64. The number of aliphatic carboxylic acids is 1. The van der Waals surface area contributed by atoms with Gasteiger partial charge in [0.25, 0.3) is 0 Å². The van der Waals surface area contributed by atoms with Crippen LogP contribution in [-0.4, -0.2) is 38.3 Å². The zero-order valence-corrected chi connectivity index (χ0v) is 13.3. The van der Waals surface area contributed by atoms with Crippen molar-refractivity contribution in [2.45, 2.75) is 65.1 Å². The molecule has 2 atom stereocenters. The highest BCUT2D eigenvalue weighted by Crippen LogP contribution is 2.25. The normalized spacial score (nSPS) is 23.6. The van der Waals surface area contributed by atoms with Crippen LogP contribution >= 0.6 is 0 Å². The van der Waals surface area contributed by atoms with Crippen molar-refractivity contribution in [1.82, 2.24) is 14.7 Å². The maximum absolute atomic E-state index is 11.5. The van der Waals surface area contributed by atoms with E-state index in [0.717, 1.165) is 37.9 Å². The molecule has 1 aliphatic heterocycles. The Morgan fingerprint density at radius 2 is 2.19 bits per heavy atom. The van der Waals surface area contributed by atoms with Crippen LogP contribution in [0, 0.1) is 5.92 Å². The van der Waals surface area contributed by atoms with Gasteiger partial charge in [-0.25, -0.2) is 0 Å². The van der Waals surface area contributed by atoms with Gasteiger partial charge in [-0.15, -0.1) is 0 Å². The summed E-state index contributed by atoms with van der Waals surface area (Å²) in [7, 11) is 0. The van der Waals surface area contributed by atoms with Gasteiger partial charge in [0.1, 0.15) is 6.04 Å². The van der Waals surface area contributed by atoms with E-state index in [1.165, 1.54) is 0 Å². The van der Waals surface area contributed by atoms with E-state index < -0.39 is 5.97 Å². The third-order valence-corrected chi connectivity index (χ3v) is 4.64. The molecule has 0 aliphatic carbocycles. The van der Waals surface area contributed by atoms with E-state index in [0.29, 0.717) is 12.6 Å². The van der Waals surface area contributed by atoms with Gasteiger partial charge in [-0.3, -0.25) is 14.4 Å². The van der Waals surface area contributed by atoms with Gasteiger partial charge >= 0.3 is 5.97 Å². The van der Waals surface area contributed by atoms with Crippen LogP contribution in [0.3, 0.4) is 0 Å². The van der Waals surface area contributed by atoms with Crippen LogP contribution in [0.1, 0.15) is 58.2 Å². The van der Waals surface area contributed by atoms with Gasteiger partial charge < -0.3 is 5.11 Å². The predicted octanol–water partition coefficient (Wildman–Crippen LogP) is 2.93. The van der Waals surface area contributed by atoms with E-state index in [9.17, 15) is 9.90 Å². The van der Waals surface area contributed by atoms with Gasteiger partial charge in [0.2, 0.25) is 0 Å². The fourth-order valence-corrected chi connectivity index (χ4v) is 3.39. The molecule has 1 N–H and O–H groups in total. The first-order chi connectivity index (χ1) is 10.1. The van der Waals surface area contributed by atoms with E-state index in [1.54, 1.807) is 0 Å². The Labute approximate surface area is 126 Å². The highest BCUT2D eigenvalue weighted by atomic mass is 16.4. The lowest BCUT2D eigenvalue weighted by Gasteiger charge is -2.36. The van der Waals surface area contributed by atoms with Crippen molar-refractivity contribution >= 4 is 5.97 Å². The second-order valence-electron chi connectivity index (χ2n) is 6.13. The summed E-state index contributed by atoms with van der Waals surface area (Å²) in [6.45, 7) is 7.85. The Hall–Kier alpha value is -1.36. The Balaban J connectivity index is 2.08. The van der Waals surface area contributed by atoms with Gasteiger partial charge in [0.05, 0.1) is 11.7 Å². The van der Waals surface area contributed by atoms with Gasteiger partial charge in [0, 0.05) is 12.7 Å². The lowest BCUT2D eigenvalue weighted by atomic mass is 9.91. The topological polar surface area (TPSA) is 58.4 Å². The number of nitrogens with zero attached hydrogens (tertiary/aromatic N) is 3. The van der Waals surface area contributed by atoms with Crippen LogP contribution < -0.4 is 0 Å². The molecular formula is C16H27N3O2. The number of carbonyl (C=O) groups is 1. The molecule has 5 nitrogen and oxygen atoms in total. The summed E-state index contributed by atoms with van der Waals surface area (Å²) in [4.78, 5) is 13.6. The van der Waals surface area contributed by atoms with Gasteiger partial charge in [-0.05, 0) is 44.2 Å². The molecule has 0 bridgehead atoms. The maximum Gasteiger partial charge on any atom is 0.321 e. The summed E-state index contributed by atoms with van der Waals surface area (Å²) in [5, 5.41) is 14.1. The molecule has 0 saturated carbocycles. The van der Waals surface area contributed by atoms with Crippen LogP contribution in [0.25, 0.3) is 0 Å². The predicted molar refractivity (Wildman–Crippen MR) is 82.1 cm³/mol. The second kappa shape index (κ2) is 7.07. The SMILES string of the molecule is CCC(CC)n1ccc(CN2CCCC(C)C2C(=O)O)n1. The summed E-state index contributed by atoms with van der Waals surface area (Å²) < 4.78 is 2.03. The van der Waals surface area contributed by atoms with Crippen LogP contribution in [0.5, 0.6) is 0 Å². The molecule has 2 heterocycles. The lowest BCUT2D eigenvalue weighted by molar-refractivity contribution is -0.147. The molecule has 0 aromatic carbocycles. The standard InChI is InChI=1S/C16H27N3O2/c1-4-14(5-2)19-10-8-13(17-19)11-18-9-6-7-12(3)15(18)16(20)21/h8,10,12,14-15H,4-7,9,11H2,1-3H3,(H,20,21). The third kappa shape index (κ3) is 3.64. The molecule has 0 spiro atoms.